The van der Waals surface area contributed by atoms with Crippen LogP contribution < -0.4 is 11.1 Å². The molecular weight excluding hydrogens is 1090 g/mol. The molecule has 0 unspecified atom stereocenters. The Hall–Kier alpha value is -7.92. The van der Waals surface area contributed by atoms with Crippen LogP contribution in [0, 0.1) is 22.6 Å². The van der Waals surface area contributed by atoms with Crippen LogP contribution in [-0.2, 0) is 32.0 Å². The number of likely N-dealkylation sites (tertiary alicyclic amines) is 2. The molecule has 456 valence electrons. The molecule has 0 atom stereocenters. The van der Waals surface area contributed by atoms with Gasteiger partial charge < -0.3 is 55.3 Å². The number of pyridine rings is 1. The number of ether oxygens (including phenoxy) is 2. The van der Waals surface area contributed by atoms with Crippen molar-refractivity contribution >= 4 is 53.6 Å². The summed E-state index contributed by atoms with van der Waals surface area (Å²) in [6.07, 6.45) is 8.17. The number of nitrogens with one attached hydrogen (secondary N) is 2. The third-order valence-electron chi connectivity index (χ3n) is 16.1. The van der Waals surface area contributed by atoms with Crippen LogP contribution in [0.5, 0.6) is 0 Å². The molecule has 5 aliphatic rings. The number of piperazine rings is 2. The minimum absolute atomic E-state index is 0.0301. The van der Waals surface area contributed by atoms with Crippen LogP contribution in [-0.4, -0.2) is 207 Å². The highest BCUT2D eigenvalue weighted by Gasteiger charge is 2.55. The zero-order valence-electron chi connectivity index (χ0n) is 50.1. The number of anilines is 1. The van der Waals surface area contributed by atoms with Crippen molar-refractivity contribution in [1.82, 2.24) is 49.3 Å². The van der Waals surface area contributed by atoms with Gasteiger partial charge in [-0.05, 0) is 127 Å². The van der Waals surface area contributed by atoms with E-state index in [0.29, 0.717) is 80.8 Å². The highest BCUT2D eigenvalue weighted by atomic mass is 19.1. The van der Waals surface area contributed by atoms with Crippen LogP contribution in [0.25, 0.3) is 0 Å². The molecule has 22 nitrogen and oxygen atoms in total. The fourth-order valence-corrected chi connectivity index (χ4v) is 11.6. The van der Waals surface area contributed by atoms with Gasteiger partial charge in [-0.3, -0.25) is 28.9 Å². The Balaban J connectivity index is 0.000000272. The molecule has 23 heteroatoms. The number of rotatable bonds is 16. The Bertz CT molecular complexity index is 3060. The maximum atomic E-state index is 14.3. The molecule has 1 spiro atoms. The molecule has 1 saturated carbocycles. The van der Waals surface area contributed by atoms with Crippen LogP contribution in [0.15, 0.2) is 73.3 Å². The lowest BCUT2D eigenvalue weighted by atomic mass is 9.56. The maximum Gasteiger partial charge on any atom is 0.411 e. The third-order valence-corrected chi connectivity index (χ3v) is 16.1. The highest BCUT2D eigenvalue weighted by Crippen LogP contribution is 2.56. The molecule has 2 aromatic heterocycles. The molecule has 9 rings (SSSR count). The average Bonchev–Trinajstić information content (AvgIpc) is 2.57. The van der Waals surface area contributed by atoms with Gasteiger partial charge in [0.25, 0.3) is 11.8 Å². The molecule has 4 saturated heterocycles. The second kappa shape index (κ2) is 27.4. The van der Waals surface area contributed by atoms with Crippen molar-refractivity contribution < 1.29 is 47.4 Å². The van der Waals surface area contributed by atoms with Gasteiger partial charge in [-0.15, -0.1) is 0 Å². The number of amides is 7. The van der Waals surface area contributed by atoms with Crippen LogP contribution in [0.4, 0.5) is 19.7 Å². The molecule has 4 aliphatic heterocycles. The van der Waals surface area contributed by atoms with Gasteiger partial charge in [0.2, 0.25) is 18.2 Å². The number of carbonyl (C=O) groups is 7. The van der Waals surface area contributed by atoms with E-state index in [4.69, 9.17) is 25.6 Å². The summed E-state index contributed by atoms with van der Waals surface area (Å²) in [6.45, 7) is 23.3. The van der Waals surface area contributed by atoms with Gasteiger partial charge in [0, 0.05) is 126 Å². The number of piperidine rings is 1. The lowest BCUT2D eigenvalue weighted by Gasteiger charge is -2.58. The van der Waals surface area contributed by atoms with E-state index >= 15 is 0 Å². The number of nitrogens with two attached hydrogens (primary N) is 1. The standard InChI is InChI=1S/C41H61N9O6.C21H21FN4O3/c1-8-46-15-17-47(18-16-46)23-29-10-13-48(14-11-29)36(52)35-33(45-34(51)25-49(37(53)55-39(2,3)4)24-32-9-12-42-28-44-32)19-30(22-43-35)31-20-41(21-31)26-50(27-41)38(54)56-40(5,6)7;22-18-6-5-14(12-19(23)15-3-1-2-4-16(15)20(24)28)11-17(18)21(29)26-9-7-25(13-27)8-10-26/h9,12,19,22,28-29,31H,8,10-11,13-18,20-21,23-27H2,1-7H3,(H,45,51);1-6,11,13,23H,7-10,12H2,(H2,24,28). The number of halogens is 1. The van der Waals surface area contributed by atoms with Gasteiger partial charge in [-0.25, -0.2) is 28.9 Å². The van der Waals surface area contributed by atoms with Crippen molar-refractivity contribution in [3.8, 4) is 0 Å². The van der Waals surface area contributed by atoms with Crippen molar-refractivity contribution in [3.63, 3.8) is 0 Å². The topological polar surface area (TPSA) is 261 Å². The minimum atomic E-state index is -0.780. The fourth-order valence-electron chi connectivity index (χ4n) is 11.6. The van der Waals surface area contributed by atoms with Crippen molar-refractivity contribution in [2.75, 3.05) is 103 Å². The van der Waals surface area contributed by atoms with Gasteiger partial charge in [0.1, 0.15) is 29.9 Å². The van der Waals surface area contributed by atoms with E-state index in [0.717, 1.165) is 76.9 Å². The number of hydrogen-bond donors (Lipinski definition) is 3. The van der Waals surface area contributed by atoms with E-state index in [1.807, 2.05) is 31.7 Å². The number of primary amides is 1. The van der Waals surface area contributed by atoms with E-state index in [9.17, 15) is 38.0 Å². The maximum absolute atomic E-state index is 14.3. The normalized spacial score (nSPS) is 17.6. The summed E-state index contributed by atoms with van der Waals surface area (Å²) in [5, 5.41) is 11.3. The third kappa shape index (κ3) is 16.9. The minimum Gasteiger partial charge on any atom is -0.444 e. The van der Waals surface area contributed by atoms with Crippen LogP contribution in [0.3, 0.4) is 0 Å². The van der Waals surface area contributed by atoms with E-state index < -0.39 is 40.8 Å². The molecule has 4 aromatic rings. The quantitative estimate of drug-likeness (QED) is 0.0822. The summed E-state index contributed by atoms with van der Waals surface area (Å²) in [5.74, 6) is -1.73. The van der Waals surface area contributed by atoms with Crippen molar-refractivity contribution in [2.45, 2.75) is 104 Å². The summed E-state index contributed by atoms with van der Waals surface area (Å²) in [7, 11) is 0. The summed E-state index contributed by atoms with van der Waals surface area (Å²) in [4.78, 5) is 115. The van der Waals surface area contributed by atoms with Gasteiger partial charge >= 0.3 is 12.2 Å². The van der Waals surface area contributed by atoms with Crippen LogP contribution >= 0.6 is 0 Å². The first-order valence-corrected chi connectivity index (χ1v) is 29.4. The van der Waals surface area contributed by atoms with E-state index in [1.54, 1.807) is 73.3 Å². The molecule has 4 N–H and O–H groups in total. The van der Waals surface area contributed by atoms with Gasteiger partial charge in [-0.1, -0.05) is 31.2 Å². The van der Waals surface area contributed by atoms with Gasteiger partial charge in [0.15, 0.2) is 5.69 Å². The lowest BCUT2D eigenvalue weighted by Crippen LogP contribution is -2.63. The average molecular weight is 1170 g/mol. The smallest absolute Gasteiger partial charge is 0.411 e. The predicted octanol–water partition coefficient (Wildman–Crippen LogP) is 6.30. The molecule has 6 heterocycles. The summed E-state index contributed by atoms with van der Waals surface area (Å²) >= 11 is 0. The largest absolute Gasteiger partial charge is 0.444 e. The van der Waals surface area contributed by atoms with Crippen molar-refractivity contribution in [2.24, 2.45) is 17.1 Å². The number of benzene rings is 2. The first-order chi connectivity index (χ1) is 40.4. The molecule has 85 heavy (non-hydrogen) atoms. The molecule has 2 aromatic carbocycles. The number of hydrogen-bond acceptors (Lipinski definition) is 15. The van der Waals surface area contributed by atoms with E-state index in [1.165, 1.54) is 34.3 Å². The summed E-state index contributed by atoms with van der Waals surface area (Å²) in [6, 6.07) is 14.2. The Labute approximate surface area is 497 Å². The number of aromatic nitrogens is 3. The summed E-state index contributed by atoms with van der Waals surface area (Å²) < 4.78 is 25.5. The second-order valence-corrected chi connectivity index (χ2v) is 25.0. The Morgan fingerprint density at radius 1 is 0.788 bits per heavy atom. The molecule has 7 amide bonds. The van der Waals surface area contributed by atoms with Crippen LogP contribution in [0.2, 0.25) is 0 Å². The van der Waals surface area contributed by atoms with E-state index in [-0.39, 0.29) is 65.4 Å². The Kier molecular flexibility index (Phi) is 20.4. The lowest BCUT2D eigenvalue weighted by molar-refractivity contribution is -0.119. The second-order valence-electron chi connectivity index (χ2n) is 25.0. The molecule has 0 radical (unpaired) electrons. The van der Waals surface area contributed by atoms with E-state index in [2.05, 4.69) is 32.0 Å². The Morgan fingerprint density at radius 2 is 1.44 bits per heavy atom. The predicted molar refractivity (Wildman–Crippen MR) is 316 cm³/mol. The zero-order valence-corrected chi connectivity index (χ0v) is 50.1. The van der Waals surface area contributed by atoms with Crippen molar-refractivity contribution in [3.05, 3.63) is 118 Å². The summed E-state index contributed by atoms with van der Waals surface area (Å²) in [5.41, 5.74) is 7.34. The zero-order chi connectivity index (χ0) is 61.2. The van der Waals surface area contributed by atoms with Crippen LogP contribution in [0.1, 0.15) is 134 Å². The number of nitrogens with zero attached hydrogens (tertiary/aromatic N) is 10. The monoisotopic (exact) mass is 1170 g/mol. The molecule has 1 aliphatic carbocycles. The molecule has 5 fully saturated rings. The first-order valence-electron chi connectivity index (χ1n) is 29.4. The van der Waals surface area contributed by atoms with Gasteiger partial charge in [0.05, 0.1) is 23.5 Å². The SMILES string of the molecule is CCN1CCN(CC2CCN(C(=O)c3ncc(C4CC5(C4)CN(C(=O)OC(C)(C)C)C5)cc3NC(=O)CN(Cc3ccncn3)C(=O)OC(C)(C)C)CC2)CC1.N=C(Cc1ccc(F)c(C(=O)N2CCN(C=O)CC2)c1)c1ccccc1C(N)=O. The van der Waals surface area contributed by atoms with Crippen molar-refractivity contribution in [1.29, 1.82) is 5.41 Å². The number of likely N-dealkylation sites (N-methyl/N-ethyl adjacent to an activating group) is 1. The number of carbonyl (C=O) groups excluding carboxylic acids is 7. The molecule has 0 bridgehead atoms. The Morgan fingerprint density at radius 3 is 2.05 bits per heavy atom. The highest BCUT2D eigenvalue weighted by molar-refractivity contribution is 6.09. The van der Waals surface area contributed by atoms with Gasteiger partial charge in [-0.2, -0.15) is 0 Å². The fraction of sp³-hybridized carbons (Fsp3) is 0.532. The molecular formula is C62H82FN13O9. The first kappa shape index (κ1) is 63.1.